The summed E-state index contributed by atoms with van der Waals surface area (Å²) in [5.41, 5.74) is 8.75. The van der Waals surface area contributed by atoms with E-state index in [1.54, 1.807) is 48.0 Å². The maximum Gasteiger partial charge on any atom is 0.257 e. The van der Waals surface area contributed by atoms with Crippen molar-refractivity contribution in [2.45, 2.75) is 51.4 Å². The molecule has 0 spiro atoms. The number of rotatable bonds is 14. The Morgan fingerprint density at radius 1 is 0.907 bits per heavy atom. The van der Waals surface area contributed by atoms with Crippen LogP contribution in [-0.4, -0.2) is 40.1 Å². The first-order chi connectivity index (χ1) is 21.1. The molecule has 9 nitrogen and oxygen atoms in total. The van der Waals surface area contributed by atoms with Gasteiger partial charge in [0.15, 0.2) is 11.0 Å². The Hall–Kier alpha value is -4.44. The number of aromatic nitrogens is 2. The highest BCUT2D eigenvalue weighted by atomic mass is 32.1. The lowest BCUT2D eigenvalue weighted by molar-refractivity contribution is 0.102. The Kier molecular flexibility index (Phi) is 10.6. The van der Waals surface area contributed by atoms with Gasteiger partial charge in [-0.2, -0.15) is 0 Å². The standard InChI is InChI=1S/C33H37N5O4S/c34-31(38-40)25-10-14-28(15-11-25)42-21-5-1-4-20-41-27-12-8-24(9-13-27)30-29(22-23-6-2-3-7-23)43-33(36-30)37-32(39)26-16-18-35-19-17-26/h8-19,23,40H,1-7,20-22H2,(H2,34,38)(H,36,37,39). The molecule has 0 aliphatic heterocycles. The van der Waals surface area contributed by atoms with Crippen molar-refractivity contribution in [3.8, 4) is 22.8 Å². The van der Waals surface area contributed by atoms with Crippen LogP contribution in [0.1, 0.15) is 65.7 Å². The summed E-state index contributed by atoms with van der Waals surface area (Å²) in [6.45, 7) is 1.24. The van der Waals surface area contributed by atoms with Crippen molar-refractivity contribution in [3.63, 3.8) is 0 Å². The number of amidine groups is 1. The Morgan fingerprint density at radius 3 is 2.16 bits per heavy atom. The first-order valence-corrected chi connectivity index (χ1v) is 15.6. The normalized spacial score (nSPS) is 13.6. The van der Waals surface area contributed by atoms with Gasteiger partial charge in [-0.05, 0) is 92.3 Å². The molecule has 1 saturated carbocycles. The number of ether oxygens (including phenoxy) is 2. The fraction of sp³-hybridized carbons (Fsp3) is 0.333. The van der Waals surface area contributed by atoms with E-state index < -0.39 is 0 Å². The number of anilines is 1. The van der Waals surface area contributed by atoms with Crippen LogP contribution in [0.15, 0.2) is 78.2 Å². The van der Waals surface area contributed by atoms with Crippen LogP contribution in [-0.2, 0) is 6.42 Å². The maximum atomic E-state index is 12.7. The van der Waals surface area contributed by atoms with Gasteiger partial charge in [-0.25, -0.2) is 4.98 Å². The van der Waals surface area contributed by atoms with Crippen molar-refractivity contribution >= 4 is 28.2 Å². The first-order valence-electron chi connectivity index (χ1n) is 14.7. The Morgan fingerprint density at radius 2 is 1.53 bits per heavy atom. The molecule has 2 aromatic carbocycles. The largest absolute Gasteiger partial charge is 0.494 e. The molecule has 1 fully saturated rings. The molecular formula is C33H37N5O4S. The van der Waals surface area contributed by atoms with E-state index in [2.05, 4.69) is 27.6 Å². The minimum atomic E-state index is -0.181. The van der Waals surface area contributed by atoms with E-state index in [1.807, 2.05) is 24.3 Å². The number of pyridine rings is 1. The highest BCUT2D eigenvalue weighted by Gasteiger charge is 2.21. The third-order valence-electron chi connectivity index (χ3n) is 7.52. The summed E-state index contributed by atoms with van der Waals surface area (Å²) >= 11 is 1.57. The second-order valence-electron chi connectivity index (χ2n) is 10.6. The molecule has 0 radical (unpaired) electrons. The molecule has 1 amide bonds. The van der Waals surface area contributed by atoms with Crippen LogP contribution in [0.4, 0.5) is 5.13 Å². The molecule has 4 N–H and O–H groups in total. The van der Waals surface area contributed by atoms with Crippen molar-refractivity contribution in [2.75, 3.05) is 18.5 Å². The molecule has 5 rings (SSSR count). The predicted octanol–water partition coefficient (Wildman–Crippen LogP) is 6.91. The molecule has 2 aromatic heterocycles. The number of hydrogen-bond acceptors (Lipinski definition) is 8. The van der Waals surface area contributed by atoms with E-state index in [4.69, 9.17) is 25.4 Å². The predicted molar refractivity (Wildman–Crippen MR) is 169 cm³/mol. The molecule has 0 unspecified atom stereocenters. The molecule has 0 saturated heterocycles. The number of oxime groups is 1. The fourth-order valence-electron chi connectivity index (χ4n) is 5.17. The van der Waals surface area contributed by atoms with Gasteiger partial charge in [-0.1, -0.05) is 30.8 Å². The second kappa shape index (κ2) is 15.2. The summed E-state index contributed by atoms with van der Waals surface area (Å²) < 4.78 is 11.8. The van der Waals surface area contributed by atoms with E-state index in [-0.39, 0.29) is 11.7 Å². The summed E-state index contributed by atoms with van der Waals surface area (Å²) in [5.74, 6) is 2.14. The summed E-state index contributed by atoms with van der Waals surface area (Å²) in [4.78, 5) is 22.8. The number of nitrogens with zero attached hydrogens (tertiary/aromatic N) is 3. The number of benzene rings is 2. The van der Waals surface area contributed by atoms with Crippen LogP contribution >= 0.6 is 11.3 Å². The lowest BCUT2D eigenvalue weighted by atomic mass is 10.0. The third-order valence-corrected chi connectivity index (χ3v) is 8.51. The fourth-order valence-corrected chi connectivity index (χ4v) is 6.26. The van der Waals surface area contributed by atoms with E-state index >= 15 is 0 Å². The average molecular weight is 600 g/mol. The van der Waals surface area contributed by atoms with Gasteiger partial charge in [0.05, 0.1) is 18.9 Å². The number of nitrogens with one attached hydrogen (secondary N) is 1. The van der Waals surface area contributed by atoms with Crippen LogP contribution < -0.4 is 20.5 Å². The van der Waals surface area contributed by atoms with Gasteiger partial charge in [0, 0.05) is 34.0 Å². The van der Waals surface area contributed by atoms with Crippen molar-refractivity contribution < 1.29 is 19.5 Å². The van der Waals surface area contributed by atoms with E-state index in [9.17, 15) is 4.79 Å². The Balaban J connectivity index is 1.10. The van der Waals surface area contributed by atoms with Crippen molar-refractivity contribution in [1.82, 2.24) is 9.97 Å². The summed E-state index contributed by atoms with van der Waals surface area (Å²) in [7, 11) is 0. The van der Waals surface area contributed by atoms with Crippen LogP contribution in [0, 0.1) is 5.92 Å². The number of unbranched alkanes of at least 4 members (excludes halogenated alkanes) is 2. The molecule has 0 atom stereocenters. The van der Waals surface area contributed by atoms with E-state index in [0.29, 0.717) is 35.4 Å². The van der Waals surface area contributed by atoms with Crippen LogP contribution in [0.2, 0.25) is 0 Å². The number of carbonyl (C=O) groups is 1. The number of amides is 1. The molecule has 2 heterocycles. The van der Waals surface area contributed by atoms with Gasteiger partial charge < -0.3 is 20.4 Å². The molecular weight excluding hydrogens is 562 g/mol. The minimum Gasteiger partial charge on any atom is -0.494 e. The van der Waals surface area contributed by atoms with Gasteiger partial charge in [0.1, 0.15) is 11.5 Å². The highest BCUT2D eigenvalue weighted by Crippen LogP contribution is 2.37. The molecule has 43 heavy (non-hydrogen) atoms. The smallest absolute Gasteiger partial charge is 0.257 e. The lowest BCUT2D eigenvalue weighted by Crippen LogP contribution is -2.12. The van der Waals surface area contributed by atoms with E-state index in [0.717, 1.165) is 48.4 Å². The molecule has 1 aliphatic rings. The van der Waals surface area contributed by atoms with Gasteiger partial charge >= 0.3 is 0 Å². The SMILES string of the molecule is N/C(=N\O)c1ccc(OCCCCCOc2ccc(-c3nc(NC(=O)c4ccncc4)sc3CC3CCCC3)cc2)cc1. The number of thiazole rings is 1. The van der Waals surface area contributed by atoms with Crippen molar-refractivity contribution in [3.05, 3.63) is 89.1 Å². The topological polar surface area (TPSA) is 132 Å². The molecule has 224 valence electrons. The maximum absolute atomic E-state index is 12.7. The van der Waals surface area contributed by atoms with Crippen LogP contribution in [0.5, 0.6) is 11.5 Å². The second-order valence-corrected chi connectivity index (χ2v) is 11.7. The quantitative estimate of drug-likeness (QED) is 0.0472. The van der Waals surface area contributed by atoms with Gasteiger partial charge in [0.2, 0.25) is 0 Å². The zero-order valence-corrected chi connectivity index (χ0v) is 24.9. The molecule has 10 heteroatoms. The van der Waals surface area contributed by atoms with Gasteiger partial charge in [-0.3, -0.25) is 15.1 Å². The molecule has 0 bridgehead atoms. The third kappa shape index (κ3) is 8.54. The van der Waals surface area contributed by atoms with Gasteiger partial charge in [0.25, 0.3) is 5.91 Å². The summed E-state index contributed by atoms with van der Waals surface area (Å²) in [5, 5.41) is 15.3. The van der Waals surface area contributed by atoms with Crippen LogP contribution in [0.3, 0.4) is 0 Å². The Labute approximate surface area is 255 Å². The molecule has 1 aliphatic carbocycles. The highest BCUT2D eigenvalue weighted by molar-refractivity contribution is 7.16. The summed E-state index contributed by atoms with van der Waals surface area (Å²) in [6.07, 6.45) is 12.1. The zero-order chi connectivity index (χ0) is 29.9. The monoisotopic (exact) mass is 599 g/mol. The van der Waals surface area contributed by atoms with Crippen molar-refractivity contribution in [2.24, 2.45) is 16.8 Å². The van der Waals surface area contributed by atoms with Gasteiger partial charge in [-0.15, -0.1) is 11.3 Å². The number of hydrogen-bond donors (Lipinski definition) is 3. The minimum absolute atomic E-state index is 0.0744. The zero-order valence-electron chi connectivity index (χ0n) is 24.1. The number of nitrogens with two attached hydrogens (primary N) is 1. The average Bonchev–Trinajstić information content (AvgIpc) is 3.71. The number of carbonyl (C=O) groups excluding carboxylic acids is 1. The Bertz CT molecular complexity index is 1480. The van der Waals surface area contributed by atoms with E-state index in [1.165, 1.54) is 30.6 Å². The van der Waals surface area contributed by atoms with Crippen LogP contribution in [0.25, 0.3) is 11.3 Å². The van der Waals surface area contributed by atoms with Crippen molar-refractivity contribution in [1.29, 1.82) is 0 Å². The first kappa shape index (κ1) is 30.0. The summed E-state index contributed by atoms with van der Waals surface area (Å²) in [6, 6.07) is 18.6. The molecule has 4 aromatic rings. The lowest BCUT2D eigenvalue weighted by Gasteiger charge is -2.10.